The van der Waals surface area contributed by atoms with Crippen LogP contribution in [0.25, 0.3) is 0 Å². The quantitative estimate of drug-likeness (QED) is 0.896. The third-order valence-corrected chi connectivity index (χ3v) is 3.81. The van der Waals surface area contributed by atoms with E-state index in [-0.39, 0.29) is 5.91 Å². The van der Waals surface area contributed by atoms with Gasteiger partial charge in [0.1, 0.15) is 6.04 Å². The topological polar surface area (TPSA) is 68.0 Å². The highest BCUT2D eigenvalue weighted by Crippen LogP contribution is 2.21. The van der Waals surface area contributed by atoms with E-state index in [9.17, 15) is 4.79 Å². The summed E-state index contributed by atoms with van der Waals surface area (Å²) in [6, 6.07) is 3.60. The Morgan fingerprint density at radius 2 is 2.11 bits per heavy atom. The van der Waals surface area contributed by atoms with Gasteiger partial charge in [0.2, 0.25) is 5.91 Å². The summed E-state index contributed by atoms with van der Waals surface area (Å²) in [5.74, 6) is -0.365. The predicted molar refractivity (Wildman–Crippen MR) is 73.9 cm³/mol. The maximum atomic E-state index is 11.6. The van der Waals surface area contributed by atoms with Crippen molar-refractivity contribution in [1.29, 1.82) is 0 Å². The first-order chi connectivity index (χ1) is 8.66. The van der Waals surface area contributed by atoms with Crippen LogP contribution >= 0.6 is 15.9 Å². The molecule has 1 fully saturated rings. The van der Waals surface area contributed by atoms with E-state index in [0.29, 0.717) is 11.7 Å². The summed E-state index contributed by atoms with van der Waals surface area (Å²) in [4.78, 5) is 15.8. The van der Waals surface area contributed by atoms with Gasteiger partial charge in [-0.3, -0.25) is 15.1 Å². The van der Waals surface area contributed by atoms with Gasteiger partial charge in [-0.05, 0) is 40.9 Å². The fourth-order valence-corrected chi connectivity index (χ4v) is 2.61. The molecule has 1 amide bonds. The van der Waals surface area contributed by atoms with Crippen LogP contribution in [0.3, 0.4) is 0 Å². The van der Waals surface area contributed by atoms with Gasteiger partial charge in [0.15, 0.2) is 0 Å². The summed E-state index contributed by atoms with van der Waals surface area (Å²) in [7, 11) is 0. The van der Waals surface area contributed by atoms with Crippen LogP contribution in [-0.2, 0) is 4.79 Å². The number of halogens is 1. The molecule has 98 valence electrons. The van der Waals surface area contributed by atoms with Crippen LogP contribution in [0.2, 0.25) is 0 Å². The Bertz CT molecular complexity index is 401. The van der Waals surface area contributed by atoms with E-state index < -0.39 is 6.04 Å². The molecule has 1 aromatic rings. The molecule has 0 bridgehead atoms. The molecular formula is C13H18BrN3O. The largest absolute Gasteiger partial charge is 0.368 e. The molecule has 1 saturated carbocycles. The van der Waals surface area contributed by atoms with Crippen molar-refractivity contribution in [3.05, 3.63) is 28.5 Å². The average Bonchev–Trinajstić information content (AvgIpc) is 2.38. The number of nitrogens with zero attached hydrogens (tertiary/aromatic N) is 1. The second-order valence-electron chi connectivity index (χ2n) is 4.74. The van der Waals surface area contributed by atoms with Crippen molar-refractivity contribution in [2.45, 2.75) is 44.2 Å². The Morgan fingerprint density at radius 3 is 2.67 bits per heavy atom. The molecular weight excluding hydrogens is 294 g/mol. The fourth-order valence-electron chi connectivity index (χ4n) is 2.38. The third-order valence-electron chi connectivity index (χ3n) is 3.34. The first-order valence-corrected chi connectivity index (χ1v) is 7.13. The van der Waals surface area contributed by atoms with E-state index in [1.54, 1.807) is 6.20 Å². The molecule has 1 aromatic heterocycles. The molecule has 1 atom stereocenters. The number of primary amides is 1. The van der Waals surface area contributed by atoms with Crippen LogP contribution in [0.15, 0.2) is 22.8 Å². The van der Waals surface area contributed by atoms with Gasteiger partial charge < -0.3 is 5.73 Å². The van der Waals surface area contributed by atoms with Crippen LogP contribution in [-0.4, -0.2) is 16.9 Å². The fraction of sp³-hybridized carbons (Fsp3) is 0.538. The second kappa shape index (κ2) is 6.29. The minimum atomic E-state index is -0.485. The number of rotatable bonds is 4. The summed E-state index contributed by atoms with van der Waals surface area (Å²) in [5.41, 5.74) is 6.16. The monoisotopic (exact) mass is 311 g/mol. The maximum absolute atomic E-state index is 11.6. The SMILES string of the molecule is NC(=O)C(NC1CCCCC1)c1ccc(Br)cn1. The van der Waals surface area contributed by atoms with E-state index in [4.69, 9.17) is 5.73 Å². The molecule has 1 aliphatic carbocycles. The van der Waals surface area contributed by atoms with E-state index in [0.717, 1.165) is 17.3 Å². The number of carbonyl (C=O) groups excluding carboxylic acids is 1. The number of aromatic nitrogens is 1. The van der Waals surface area contributed by atoms with Gasteiger partial charge in [0, 0.05) is 16.7 Å². The lowest BCUT2D eigenvalue weighted by Crippen LogP contribution is -2.41. The highest BCUT2D eigenvalue weighted by atomic mass is 79.9. The van der Waals surface area contributed by atoms with Crippen molar-refractivity contribution >= 4 is 21.8 Å². The molecule has 4 nitrogen and oxygen atoms in total. The zero-order valence-corrected chi connectivity index (χ0v) is 11.8. The number of hydrogen-bond donors (Lipinski definition) is 2. The van der Waals surface area contributed by atoms with E-state index in [2.05, 4.69) is 26.2 Å². The second-order valence-corrected chi connectivity index (χ2v) is 5.65. The summed E-state index contributed by atoms with van der Waals surface area (Å²) >= 11 is 3.33. The highest BCUT2D eigenvalue weighted by molar-refractivity contribution is 9.10. The summed E-state index contributed by atoms with van der Waals surface area (Å²) in [6.45, 7) is 0. The minimum absolute atomic E-state index is 0.365. The van der Waals surface area contributed by atoms with Gasteiger partial charge in [-0.25, -0.2) is 0 Å². The predicted octanol–water partition coefficient (Wildman–Crippen LogP) is 2.29. The maximum Gasteiger partial charge on any atom is 0.240 e. The van der Waals surface area contributed by atoms with Crippen LogP contribution in [0.1, 0.15) is 43.8 Å². The number of nitrogens with one attached hydrogen (secondary N) is 1. The standard InChI is InChI=1S/C13H18BrN3O/c14-9-6-7-11(16-8-9)12(13(15)18)17-10-4-2-1-3-5-10/h6-8,10,12,17H,1-5H2,(H2,15,18). The lowest BCUT2D eigenvalue weighted by molar-refractivity contribution is -0.120. The summed E-state index contributed by atoms with van der Waals surface area (Å²) in [5, 5.41) is 3.34. The van der Waals surface area contributed by atoms with Crippen molar-refractivity contribution in [1.82, 2.24) is 10.3 Å². The molecule has 0 saturated heterocycles. The Hall–Kier alpha value is -0.940. The Labute approximate surface area is 115 Å². The summed E-state index contributed by atoms with van der Waals surface area (Å²) < 4.78 is 0.895. The Balaban J connectivity index is 2.07. The lowest BCUT2D eigenvalue weighted by Gasteiger charge is -2.26. The molecule has 2 rings (SSSR count). The Kier molecular flexibility index (Phi) is 4.72. The van der Waals surface area contributed by atoms with Gasteiger partial charge in [0.25, 0.3) is 0 Å². The first kappa shape index (κ1) is 13.5. The van der Waals surface area contributed by atoms with Crippen LogP contribution < -0.4 is 11.1 Å². The van der Waals surface area contributed by atoms with Crippen LogP contribution in [0.5, 0.6) is 0 Å². The van der Waals surface area contributed by atoms with Crippen LogP contribution in [0, 0.1) is 0 Å². The average molecular weight is 312 g/mol. The highest BCUT2D eigenvalue weighted by Gasteiger charge is 2.23. The zero-order valence-electron chi connectivity index (χ0n) is 10.2. The molecule has 0 aliphatic heterocycles. The summed E-state index contributed by atoms with van der Waals surface area (Å²) in [6.07, 6.45) is 7.64. The van der Waals surface area contributed by atoms with E-state index in [1.165, 1.54) is 19.3 Å². The third kappa shape index (κ3) is 3.53. The van der Waals surface area contributed by atoms with Gasteiger partial charge in [-0.15, -0.1) is 0 Å². The van der Waals surface area contributed by atoms with Gasteiger partial charge in [0.05, 0.1) is 5.69 Å². The van der Waals surface area contributed by atoms with Crippen molar-refractivity contribution in [2.24, 2.45) is 5.73 Å². The number of amides is 1. The molecule has 0 aromatic carbocycles. The minimum Gasteiger partial charge on any atom is -0.368 e. The first-order valence-electron chi connectivity index (χ1n) is 6.33. The van der Waals surface area contributed by atoms with Crippen LogP contribution in [0.4, 0.5) is 0 Å². The molecule has 3 N–H and O–H groups in total. The molecule has 1 unspecified atom stereocenters. The van der Waals surface area contributed by atoms with Crippen molar-refractivity contribution in [2.75, 3.05) is 0 Å². The molecule has 1 heterocycles. The van der Waals surface area contributed by atoms with Gasteiger partial charge >= 0.3 is 0 Å². The smallest absolute Gasteiger partial charge is 0.240 e. The zero-order chi connectivity index (χ0) is 13.0. The molecule has 18 heavy (non-hydrogen) atoms. The van der Waals surface area contributed by atoms with E-state index in [1.807, 2.05) is 12.1 Å². The normalized spacial score (nSPS) is 18.5. The number of pyridine rings is 1. The van der Waals surface area contributed by atoms with Crippen molar-refractivity contribution < 1.29 is 4.79 Å². The lowest BCUT2D eigenvalue weighted by atomic mass is 9.94. The van der Waals surface area contributed by atoms with Crippen molar-refractivity contribution in [3.63, 3.8) is 0 Å². The number of hydrogen-bond acceptors (Lipinski definition) is 3. The number of nitrogens with two attached hydrogens (primary N) is 1. The molecule has 0 spiro atoms. The van der Waals surface area contributed by atoms with E-state index >= 15 is 0 Å². The molecule has 5 heteroatoms. The van der Waals surface area contributed by atoms with Crippen molar-refractivity contribution in [3.8, 4) is 0 Å². The number of carbonyl (C=O) groups is 1. The molecule has 1 aliphatic rings. The van der Waals surface area contributed by atoms with Gasteiger partial charge in [-0.2, -0.15) is 0 Å². The van der Waals surface area contributed by atoms with Gasteiger partial charge in [-0.1, -0.05) is 19.3 Å². The Morgan fingerprint density at radius 1 is 1.39 bits per heavy atom. The molecule has 0 radical (unpaired) electrons.